The minimum Gasteiger partial charge on any atom is -0.452 e. The van der Waals surface area contributed by atoms with E-state index in [0.717, 1.165) is 12.0 Å². The molecule has 0 atom stereocenters. The van der Waals surface area contributed by atoms with Gasteiger partial charge in [-0.25, -0.2) is 9.78 Å². The molecule has 1 amide bonds. The SMILES string of the molecule is Nc1ncccc1C(=O)OCC(=O)NCCc1ccccc1. The van der Waals surface area contributed by atoms with E-state index in [1.807, 2.05) is 30.3 Å². The topological polar surface area (TPSA) is 94.3 Å². The number of rotatable bonds is 6. The Morgan fingerprint density at radius 2 is 1.91 bits per heavy atom. The van der Waals surface area contributed by atoms with Crippen molar-refractivity contribution < 1.29 is 14.3 Å². The van der Waals surface area contributed by atoms with Gasteiger partial charge >= 0.3 is 5.97 Å². The quantitative estimate of drug-likeness (QED) is 0.781. The zero-order valence-corrected chi connectivity index (χ0v) is 12.0. The molecule has 22 heavy (non-hydrogen) atoms. The van der Waals surface area contributed by atoms with Gasteiger partial charge in [-0.2, -0.15) is 0 Å². The molecule has 0 aliphatic heterocycles. The minimum absolute atomic E-state index is 0.0805. The number of carbonyl (C=O) groups is 2. The Morgan fingerprint density at radius 1 is 1.14 bits per heavy atom. The van der Waals surface area contributed by atoms with E-state index in [4.69, 9.17) is 10.5 Å². The molecule has 0 radical (unpaired) electrons. The maximum Gasteiger partial charge on any atom is 0.342 e. The van der Waals surface area contributed by atoms with Gasteiger partial charge in [0.15, 0.2) is 6.61 Å². The number of amides is 1. The van der Waals surface area contributed by atoms with Crippen LogP contribution in [0.2, 0.25) is 0 Å². The van der Waals surface area contributed by atoms with Crippen molar-refractivity contribution in [1.29, 1.82) is 0 Å². The number of nitrogen functional groups attached to an aromatic ring is 1. The molecule has 0 saturated carbocycles. The van der Waals surface area contributed by atoms with Gasteiger partial charge < -0.3 is 15.8 Å². The number of ether oxygens (including phenoxy) is 1. The zero-order valence-electron chi connectivity index (χ0n) is 12.0. The van der Waals surface area contributed by atoms with Crippen LogP contribution in [0.5, 0.6) is 0 Å². The molecule has 0 aliphatic carbocycles. The molecule has 6 nitrogen and oxygen atoms in total. The first-order valence-electron chi connectivity index (χ1n) is 6.85. The van der Waals surface area contributed by atoms with Gasteiger partial charge in [0.05, 0.1) is 0 Å². The van der Waals surface area contributed by atoms with E-state index in [9.17, 15) is 9.59 Å². The Bertz CT molecular complexity index is 644. The molecule has 0 spiro atoms. The largest absolute Gasteiger partial charge is 0.452 e. The molecule has 0 unspecified atom stereocenters. The van der Waals surface area contributed by atoms with E-state index < -0.39 is 5.97 Å². The second-order valence-electron chi connectivity index (χ2n) is 4.60. The average molecular weight is 299 g/mol. The number of pyridine rings is 1. The second kappa shape index (κ2) is 7.78. The highest BCUT2D eigenvalue weighted by Crippen LogP contribution is 2.08. The lowest BCUT2D eigenvalue weighted by Gasteiger charge is -2.07. The van der Waals surface area contributed by atoms with Crippen molar-refractivity contribution in [3.63, 3.8) is 0 Å². The van der Waals surface area contributed by atoms with Crippen molar-refractivity contribution in [2.45, 2.75) is 6.42 Å². The van der Waals surface area contributed by atoms with Crippen LogP contribution in [-0.2, 0) is 16.0 Å². The molecule has 1 heterocycles. The van der Waals surface area contributed by atoms with Crippen LogP contribution in [0.15, 0.2) is 48.7 Å². The monoisotopic (exact) mass is 299 g/mol. The predicted molar refractivity (Wildman–Crippen MR) is 82.1 cm³/mol. The molecule has 0 fully saturated rings. The van der Waals surface area contributed by atoms with Crippen LogP contribution in [0.3, 0.4) is 0 Å². The van der Waals surface area contributed by atoms with Crippen LogP contribution in [0.4, 0.5) is 5.82 Å². The van der Waals surface area contributed by atoms with Crippen LogP contribution >= 0.6 is 0 Å². The van der Waals surface area contributed by atoms with Crippen molar-refractivity contribution in [3.8, 4) is 0 Å². The molecule has 0 saturated heterocycles. The van der Waals surface area contributed by atoms with E-state index in [2.05, 4.69) is 10.3 Å². The van der Waals surface area contributed by atoms with Gasteiger partial charge in [-0.1, -0.05) is 30.3 Å². The molecule has 114 valence electrons. The summed E-state index contributed by atoms with van der Waals surface area (Å²) in [5.41, 5.74) is 6.84. The molecule has 1 aromatic heterocycles. The second-order valence-corrected chi connectivity index (χ2v) is 4.60. The van der Waals surface area contributed by atoms with Gasteiger partial charge in [-0.15, -0.1) is 0 Å². The number of hydrogen-bond acceptors (Lipinski definition) is 5. The number of esters is 1. The number of carbonyl (C=O) groups excluding carboxylic acids is 2. The van der Waals surface area contributed by atoms with Crippen LogP contribution in [-0.4, -0.2) is 30.0 Å². The molecule has 3 N–H and O–H groups in total. The van der Waals surface area contributed by atoms with E-state index in [0.29, 0.717) is 6.54 Å². The van der Waals surface area contributed by atoms with E-state index in [-0.39, 0.29) is 23.9 Å². The van der Waals surface area contributed by atoms with Gasteiger partial charge in [-0.3, -0.25) is 4.79 Å². The lowest BCUT2D eigenvalue weighted by atomic mass is 10.1. The number of benzene rings is 1. The summed E-state index contributed by atoms with van der Waals surface area (Å²) in [6.07, 6.45) is 2.19. The number of aromatic nitrogens is 1. The summed E-state index contributed by atoms with van der Waals surface area (Å²) in [6.45, 7) is 0.136. The first-order chi connectivity index (χ1) is 10.7. The van der Waals surface area contributed by atoms with E-state index >= 15 is 0 Å². The van der Waals surface area contributed by atoms with E-state index in [1.54, 1.807) is 6.07 Å². The molecule has 1 aromatic carbocycles. The number of anilines is 1. The smallest absolute Gasteiger partial charge is 0.342 e. The van der Waals surface area contributed by atoms with Gasteiger partial charge in [0, 0.05) is 12.7 Å². The third-order valence-corrected chi connectivity index (χ3v) is 2.97. The van der Waals surface area contributed by atoms with Crippen molar-refractivity contribution in [2.24, 2.45) is 0 Å². The first kappa shape index (κ1) is 15.5. The highest BCUT2D eigenvalue weighted by molar-refractivity contribution is 5.95. The fraction of sp³-hybridized carbons (Fsp3) is 0.188. The van der Waals surface area contributed by atoms with Gasteiger partial charge in [0.25, 0.3) is 5.91 Å². The van der Waals surface area contributed by atoms with Crippen LogP contribution in [0, 0.1) is 0 Å². The van der Waals surface area contributed by atoms with Crippen molar-refractivity contribution in [1.82, 2.24) is 10.3 Å². The predicted octanol–water partition coefficient (Wildman–Crippen LogP) is 1.18. The van der Waals surface area contributed by atoms with Gasteiger partial charge in [0.1, 0.15) is 11.4 Å². The number of hydrogen-bond donors (Lipinski definition) is 2. The first-order valence-corrected chi connectivity index (χ1v) is 6.85. The summed E-state index contributed by atoms with van der Waals surface area (Å²) in [6, 6.07) is 12.9. The summed E-state index contributed by atoms with van der Waals surface area (Å²) in [5.74, 6) is -0.937. The molecular formula is C16H17N3O3. The molecule has 2 aromatic rings. The lowest BCUT2D eigenvalue weighted by Crippen LogP contribution is -2.30. The Hall–Kier alpha value is -2.89. The fourth-order valence-corrected chi connectivity index (χ4v) is 1.84. The van der Waals surface area contributed by atoms with Crippen LogP contribution < -0.4 is 11.1 Å². The summed E-state index contributed by atoms with van der Waals surface area (Å²) in [4.78, 5) is 27.1. The Labute approximate surface area is 128 Å². The molecule has 6 heteroatoms. The number of nitrogens with zero attached hydrogens (tertiary/aromatic N) is 1. The lowest BCUT2D eigenvalue weighted by molar-refractivity contribution is -0.124. The van der Waals surface area contributed by atoms with Crippen molar-refractivity contribution in [2.75, 3.05) is 18.9 Å². The fourth-order valence-electron chi connectivity index (χ4n) is 1.84. The third kappa shape index (κ3) is 4.59. The van der Waals surface area contributed by atoms with Crippen LogP contribution in [0.25, 0.3) is 0 Å². The number of nitrogens with one attached hydrogen (secondary N) is 1. The summed E-state index contributed by atoms with van der Waals surface area (Å²) in [7, 11) is 0. The average Bonchev–Trinajstić information content (AvgIpc) is 2.54. The Morgan fingerprint density at radius 3 is 2.64 bits per heavy atom. The van der Waals surface area contributed by atoms with Gasteiger partial charge in [0.2, 0.25) is 0 Å². The summed E-state index contributed by atoms with van der Waals surface area (Å²) >= 11 is 0. The Kier molecular flexibility index (Phi) is 5.48. The molecule has 0 bridgehead atoms. The minimum atomic E-state index is -0.663. The third-order valence-electron chi connectivity index (χ3n) is 2.97. The van der Waals surface area contributed by atoms with Crippen molar-refractivity contribution >= 4 is 17.7 Å². The molecule has 2 rings (SSSR count). The van der Waals surface area contributed by atoms with Crippen molar-refractivity contribution in [3.05, 3.63) is 59.8 Å². The maximum atomic E-state index is 11.7. The summed E-state index contributed by atoms with van der Waals surface area (Å²) < 4.78 is 4.90. The zero-order chi connectivity index (χ0) is 15.8. The van der Waals surface area contributed by atoms with Crippen LogP contribution in [0.1, 0.15) is 15.9 Å². The standard InChI is InChI=1S/C16H17N3O3/c17-15-13(7-4-9-19-15)16(21)22-11-14(20)18-10-8-12-5-2-1-3-6-12/h1-7,9H,8,10-11H2,(H2,17,19)(H,18,20). The highest BCUT2D eigenvalue weighted by Gasteiger charge is 2.13. The Balaban J connectivity index is 1.72. The normalized spacial score (nSPS) is 10.0. The summed E-state index contributed by atoms with van der Waals surface area (Å²) in [5, 5.41) is 2.69. The highest BCUT2D eigenvalue weighted by atomic mass is 16.5. The van der Waals surface area contributed by atoms with Gasteiger partial charge in [-0.05, 0) is 24.1 Å². The number of nitrogens with two attached hydrogens (primary N) is 1. The maximum absolute atomic E-state index is 11.7. The van der Waals surface area contributed by atoms with E-state index in [1.165, 1.54) is 12.3 Å². The molecule has 0 aliphatic rings. The molecular weight excluding hydrogens is 282 g/mol.